The summed E-state index contributed by atoms with van der Waals surface area (Å²) in [5.74, 6) is -0.387. The normalized spacial score (nSPS) is 15.3. The first kappa shape index (κ1) is 18.8. The van der Waals surface area contributed by atoms with Crippen molar-refractivity contribution < 1.29 is 14.1 Å². The maximum atomic E-state index is 13.3. The van der Waals surface area contributed by atoms with Crippen LogP contribution in [0.15, 0.2) is 35.4 Å². The van der Waals surface area contributed by atoms with Gasteiger partial charge in [-0.1, -0.05) is 12.1 Å². The van der Waals surface area contributed by atoms with Crippen molar-refractivity contribution in [2.75, 3.05) is 33.2 Å². The van der Waals surface area contributed by atoms with E-state index in [4.69, 9.17) is 0 Å². The predicted molar refractivity (Wildman–Crippen MR) is 107 cm³/mol. The Morgan fingerprint density at radius 2 is 1.93 bits per heavy atom. The Hall–Kier alpha value is -2.58. The highest BCUT2D eigenvalue weighted by molar-refractivity contribution is 7.19. The number of quaternary nitrogens is 1. The molecule has 0 spiro atoms. The van der Waals surface area contributed by atoms with Gasteiger partial charge in [0, 0.05) is 10.4 Å². The van der Waals surface area contributed by atoms with Crippen LogP contribution in [0.25, 0.3) is 21.3 Å². The average molecular weight is 401 g/mol. The van der Waals surface area contributed by atoms with E-state index in [0.717, 1.165) is 29.1 Å². The molecule has 0 radical (unpaired) electrons. The van der Waals surface area contributed by atoms with E-state index in [1.54, 1.807) is 12.1 Å². The third-order valence-corrected chi connectivity index (χ3v) is 6.28. The molecule has 6 nitrogen and oxygen atoms in total. The van der Waals surface area contributed by atoms with E-state index < -0.39 is 0 Å². The SMILES string of the molecule is Cc1sc2ncn(CC(=O)N3CC[NH+](C)CC3)c(=O)c2c1-c1ccc(F)cc1. The van der Waals surface area contributed by atoms with Crippen molar-refractivity contribution >= 4 is 27.5 Å². The summed E-state index contributed by atoms with van der Waals surface area (Å²) in [6.45, 7) is 5.14. The molecule has 2 aromatic heterocycles. The summed E-state index contributed by atoms with van der Waals surface area (Å²) < 4.78 is 14.7. The van der Waals surface area contributed by atoms with E-state index in [1.165, 1.54) is 39.3 Å². The molecule has 1 aliphatic rings. The van der Waals surface area contributed by atoms with Crippen LogP contribution in [0.5, 0.6) is 0 Å². The molecule has 0 bridgehead atoms. The number of fused-ring (bicyclic) bond motifs is 1. The van der Waals surface area contributed by atoms with E-state index in [2.05, 4.69) is 12.0 Å². The van der Waals surface area contributed by atoms with Crippen molar-refractivity contribution in [3.8, 4) is 11.1 Å². The lowest BCUT2D eigenvalue weighted by atomic mass is 10.0. The zero-order chi connectivity index (χ0) is 19.8. The number of rotatable bonds is 3. The Labute approximate surface area is 165 Å². The second kappa shape index (κ2) is 7.44. The van der Waals surface area contributed by atoms with Gasteiger partial charge in [0.2, 0.25) is 5.91 Å². The molecule has 1 fully saturated rings. The number of nitrogens with zero attached hydrogens (tertiary/aromatic N) is 3. The maximum absolute atomic E-state index is 13.3. The molecule has 0 unspecified atom stereocenters. The van der Waals surface area contributed by atoms with Crippen molar-refractivity contribution in [2.45, 2.75) is 13.5 Å². The lowest BCUT2D eigenvalue weighted by Crippen LogP contribution is -3.12. The number of aryl methyl sites for hydroxylation is 1. The van der Waals surface area contributed by atoms with Crippen LogP contribution in [0.2, 0.25) is 0 Å². The van der Waals surface area contributed by atoms with Gasteiger partial charge in [0.05, 0.1) is 44.9 Å². The Kier molecular flexibility index (Phi) is 4.99. The van der Waals surface area contributed by atoms with E-state index in [-0.39, 0.29) is 23.8 Å². The standard InChI is InChI=1S/C20H21FN4O2S/c1-13-17(14-3-5-15(21)6-4-14)18-19(28-13)22-12-25(20(18)27)11-16(26)24-9-7-23(2)8-10-24/h3-6,12H,7-11H2,1-2H3/p+1. The third kappa shape index (κ3) is 3.45. The molecule has 0 saturated carbocycles. The first-order valence-corrected chi connectivity index (χ1v) is 10.1. The summed E-state index contributed by atoms with van der Waals surface area (Å²) in [6.07, 6.45) is 1.45. The van der Waals surface area contributed by atoms with E-state index >= 15 is 0 Å². The quantitative estimate of drug-likeness (QED) is 0.710. The highest BCUT2D eigenvalue weighted by atomic mass is 32.1. The van der Waals surface area contributed by atoms with Crippen molar-refractivity contribution in [1.82, 2.24) is 14.5 Å². The minimum Gasteiger partial charge on any atom is -0.334 e. The molecule has 8 heteroatoms. The fourth-order valence-electron chi connectivity index (χ4n) is 3.60. The fourth-order valence-corrected chi connectivity index (χ4v) is 4.60. The highest BCUT2D eigenvalue weighted by Crippen LogP contribution is 2.35. The molecule has 3 heterocycles. The van der Waals surface area contributed by atoms with E-state index in [1.807, 2.05) is 11.8 Å². The van der Waals surface area contributed by atoms with Gasteiger partial charge in [-0.05, 0) is 24.6 Å². The first-order valence-electron chi connectivity index (χ1n) is 9.27. The molecule has 0 atom stereocenters. The predicted octanol–water partition coefficient (Wildman–Crippen LogP) is 0.929. The Balaban J connectivity index is 1.70. The summed E-state index contributed by atoms with van der Waals surface area (Å²) in [5, 5.41) is 0.493. The smallest absolute Gasteiger partial charge is 0.263 e. The minimum atomic E-state index is -0.323. The summed E-state index contributed by atoms with van der Waals surface area (Å²) in [7, 11) is 2.11. The summed E-state index contributed by atoms with van der Waals surface area (Å²) in [6, 6.07) is 6.09. The molecular formula is C20H22FN4O2S+. The van der Waals surface area contributed by atoms with Gasteiger partial charge in [0.1, 0.15) is 17.2 Å². The summed E-state index contributed by atoms with van der Waals surface area (Å²) >= 11 is 1.43. The topological polar surface area (TPSA) is 59.6 Å². The number of aromatic nitrogens is 2. The number of halogens is 1. The number of carbonyl (C=O) groups is 1. The summed E-state index contributed by atoms with van der Waals surface area (Å²) in [4.78, 5) is 35.0. The van der Waals surface area contributed by atoms with Crippen LogP contribution in [0.1, 0.15) is 4.88 Å². The van der Waals surface area contributed by atoms with Gasteiger partial charge < -0.3 is 9.80 Å². The number of thiophene rings is 1. The number of piperazine rings is 1. The number of hydrogen-bond donors (Lipinski definition) is 1. The van der Waals surface area contributed by atoms with Gasteiger partial charge in [-0.15, -0.1) is 11.3 Å². The van der Waals surface area contributed by atoms with Crippen LogP contribution < -0.4 is 10.5 Å². The molecule has 28 heavy (non-hydrogen) atoms. The number of amides is 1. The summed E-state index contributed by atoms with van der Waals surface area (Å²) in [5.41, 5.74) is 1.31. The first-order chi connectivity index (χ1) is 13.4. The highest BCUT2D eigenvalue weighted by Gasteiger charge is 2.23. The lowest BCUT2D eigenvalue weighted by molar-refractivity contribution is -0.883. The van der Waals surface area contributed by atoms with Crippen molar-refractivity contribution in [2.24, 2.45) is 0 Å². The molecule has 1 N–H and O–H groups in total. The van der Waals surface area contributed by atoms with Crippen LogP contribution >= 0.6 is 11.3 Å². The molecule has 146 valence electrons. The third-order valence-electron chi connectivity index (χ3n) is 5.26. The molecule has 4 rings (SSSR count). The van der Waals surface area contributed by atoms with Crippen molar-refractivity contribution in [3.05, 3.63) is 51.6 Å². The van der Waals surface area contributed by atoms with Gasteiger partial charge in [-0.3, -0.25) is 14.2 Å². The van der Waals surface area contributed by atoms with Gasteiger partial charge in [0.25, 0.3) is 5.56 Å². The van der Waals surface area contributed by atoms with E-state index in [9.17, 15) is 14.0 Å². The van der Waals surface area contributed by atoms with Gasteiger partial charge in [-0.2, -0.15) is 0 Å². The van der Waals surface area contributed by atoms with Gasteiger partial charge in [0.15, 0.2) is 0 Å². The number of hydrogen-bond acceptors (Lipinski definition) is 4. The largest absolute Gasteiger partial charge is 0.334 e. The molecule has 0 aliphatic carbocycles. The fraction of sp³-hybridized carbons (Fsp3) is 0.350. The molecule has 1 saturated heterocycles. The van der Waals surface area contributed by atoms with Crippen LogP contribution in [0.4, 0.5) is 4.39 Å². The zero-order valence-electron chi connectivity index (χ0n) is 15.9. The number of carbonyl (C=O) groups excluding carboxylic acids is 1. The van der Waals surface area contributed by atoms with E-state index in [0.29, 0.717) is 23.3 Å². The van der Waals surface area contributed by atoms with Crippen LogP contribution in [-0.4, -0.2) is 53.6 Å². The second-order valence-electron chi connectivity index (χ2n) is 7.24. The number of nitrogens with one attached hydrogen (secondary N) is 1. The van der Waals surface area contributed by atoms with Crippen molar-refractivity contribution in [3.63, 3.8) is 0 Å². The van der Waals surface area contributed by atoms with Crippen LogP contribution in [0, 0.1) is 12.7 Å². The minimum absolute atomic E-state index is 0.0153. The van der Waals surface area contributed by atoms with Crippen LogP contribution in [0.3, 0.4) is 0 Å². The Bertz CT molecular complexity index is 1080. The van der Waals surface area contributed by atoms with Gasteiger partial charge >= 0.3 is 0 Å². The molecule has 1 amide bonds. The zero-order valence-corrected chi connectivity index (χ0v) is 16.7. The maximum Gasteiger partial charge on any atom is 0.263 e. The molecule has 1 aliphatic heterocycles. The lowest BCUT2D eigenvalue weighted by Gasteiger charge is -2.30. The monoisotopic (exact) mass is 401 g/mol. The van der Waals surface area contributed by atoms with Gasteiger partial charge in [-0.25, -0.2) is 9.37 Å². The Morgan fingerprint density at radius 1 is 1.25 bits per heavy atom. The van der Waals surface area contributed by atoms with Crippen LogP contribution in [-0.2, 0) is 11.3 Å². The van der Waals surface area contributed by atoms with Crippen molar-refractivity contribution in [1.29, 1.82) is 0 Å². The average Bonchev–Trinajstić information content (AvgIpc) is 3.02. The number of benzene rings is 1. The molecule has 3 aromatic rings. The molecular weight excluding hydrogens is 379 g/mol. The second-order valence-corrected chi connectivity index (χ2v) is 8.44. The number of likely N-dealkylation sites (N-methyl/N-ethyl adjacent to an activating group) is 1. The Morgan fingerprint density at radius 3 is 2.61 bits per heavy atom. The molecule has 1 aromatic carbocycles.